The van der Waals surface area contributed by atoms with Crippen LogP contribution >= 0.6 is 0 Å². The highest BCUT2D eigenvalue weighted by molar-refractivity contribution is 5.76. The maximum atomic E-state index is 12.3. The van der Waals surface area contributed by atoms with Crippen LogP contribution in [0.15, 0.2) is 24.3 Å². The minimum atomic E-state index is 0.292. The first kappa shape index (κ1) is 15.0. The van der Waals surface area contributed by atoms with Crippen molar-refractivity contribution < 1.29 is 4.79 Å². The molecule has 0 aliphatic heterocycles. The van der Waals surface area contributed by atoms with Gasteiger partial charge in [0.15, 0.2) is 0 Å². The van der Waals surface area contributed by atoms with E-state index in [0.717, 1.165) is 38.6 Å². The molecule has 0 atom stereocenters. The molecular formula is C17H26N2O. The summed E-state index contributed by atoms with van der Waals surface area (Å²) in [6.07, 6.45) is 5.87. The molecule has 20 heavy (non-hydrogen) atoms. The van der Waals surface area contributed by atoms with Crippen LogP contribution in [0.25, 0.3) is 0 Å². The third kappa shape index (κ3) is 4.34. The summed E-state index contributed by atoms with van der Waals surface area (Å²) in [5.41, 5.74) is 8.07. The van der Waals surface area contributed by atoms with Crippen LogP contribution in [0.4, 0.5) is 0 Å². The Hall–Kier alpha value is -1.35. The molecule has 0 bridgehead atoms. The van der Waals surface area contributed by atoms with Crippen LogP contribution in [0, 0.1) is 0 Å². The standard InChI is InChI=1S/C17H26N2O/c1-2-14-6-8-15(9-7-14)13-19(16-10-11-16)17(20)5-3-4-12-18/h6-9,16H,2-5,10-13,18H2,1H3. The fourth-order valence-electron chi connectivity index (χ4n) is 2.45. The number of carbonyl (C=O) groups is 1. The summed E-state index contributed by atoms with van der Waals surface area (Å²) >= 11 is 0. The molecule has 110 valence electrons. The molecule has 0 heterocycles. The number of unbranched alkanes of at least 4 members (excludes halogenated alkanes) is 1. The van der Waals surface area contributed by atoms with E-state index in [0.29, 0.717) is 24.9 Å². The molecule has 3 nitrogen and oxygen atoms in total. The lowest BCUT2D eigenvalue weighted by molar-refractivity contribution is -0.132. The normalized spacial score (nSPS) is 14.3. The van der Waals surface area contributed by atoms with E-state index in [1.165, 1.54) is 11.1 Å². The highest BCUT2D eigenvalue weighted by atomic mass is 16.2. The second-order valence-electron chi connectivity index (χ2n) is 5.67. The van der Waals surface area contributed by atoms with E-state index in [4.69, 9.17) is 5.73 Å². The van der Waals surface area contributed by atoms with Crippen LogP contribution in [0.2, 0.25) is 0 Å². The second-order valence-corrected chi connectivity index (χ2v) is 5.67. The molecule has 2 rings (SSSR count). The number of nitrogens with two attached hydrogens (primary N) is 1. The first-order valence-corrected chi connectivity index (χ1v) is 7.82. The van der Waals surface area contributed by atoms with Gasteiger partial charge in [0.1, 0.15) is 0 Å². The van der Waals surface area contributed by atoms with Crippen LogP contribution in [-0.2, 0) is 17.8 Å². The Morgan fingerprint density at radius 3 is 2.40 bits per heavy atom. The number of rotatable bonds is 8. The van der Waals surface area contributed by atoms with Crippen LogP contribution in [-0.4, -0.2) is 23.4 Å². The molecule has 1 aromatic carbocycles. The Balaban J connectivity index is 1.92. The summed E-state index contributed by atoms with van der Waals surface area (Å²) in [7, 11) is 0. The predicted molar refractivity (Wildman–Crippen MR) is 82.3 cm³/mol. The van der Waals surface area contributed by atoms with Gasteiger partial charge in [-0.2, -0.15) is 0 Å². The van der Waals surface area contributed by atoms with Gasteiger partial charge >= 0.3 is 0 Å². The zero-order chi connectivity index (χ0) is 14.4. The van der Waals surface area contributed by atoms with E-state index in [-0.39, 0.29) is 0 Å². The summed E-state index contributed by atoms with van der Waals surface area (Å²) in [6.45, 7) is 3.60. The van der Waals surface area contributed by atoms with Gasteiger partial charge in [0.2, 0.25) is 5.91 Å². The van der Waals surface area contributed by atoms with Gasteiger partial charge in [-0.05, 0) is 49.8 Å². The van der Waals surface area contributed by atoms with E-state index in [2.05, 4.69) is 36.1 Å². The van der Waals surface area contributed by atoms with Gasteiger partial charge in [0.05, 0.1) is 0 Å². The van der Waals surface area contributed by atoms with Crippen molar-refractivity contribution in [3.05, 3.63) is 35.4 Å². The van der Waals surface area contributed by atoms with E-state index in [1.54, 1.807) is 0 Å². The first-order chi connectivity index (χ1) is 9.74. The first-order valence-electron chi connectivity index (χ1n) is 7.82. The Labute approximate surface area is 122 Å². The number of hydrogen-bond acceptors (Lipinski definition) is 2. The highest BCUT2D eigenvalue weighted by Crippen LogP contribution is 2.29. The minimum absolute atomic E-state index is 0.292. The zero-order valence-corrected chi connectivity index (χ0v) is 12.5. The van der Waals surface area contributed by atoms with Crippen molar-refractivity contribution in [3.63, 3.8) is 0 Å². The predicted octanol–water partition coefficient (Wildman–Crippen LogP) is 2.87. The monoisotopic (exact) mass is 274 g/mol. The number of aryl methyl sites for hydroxylation is 1. The smallest absolute Gasteiger partial charge is 0.223 e. The minimum Gasteiger partial charge on any atom is -0.335 e. The van der Waals surface area contributed by atoms with Crippen LogP contribution in [0.1, 0.15) is 50.2 Å². The van der Waals surface area contributed by atoms with E-state index >= 15 is 0 Å². The van der Waals surface area contributed by atoms with E-state index < -0.39 is 0 Å². The van der Waals surface area contributed by atoms with Crippen molar-refractivity contribution >= 4 is 5.91 Å². The van der Waals surface area contributed by atoms with Gasteiger partial charge < -0.3 is 10.6 Å². The number of nitrogens with zero attached hydrogens (tertiary/aromatic N) is 1. The third-order valence-electron chi connectivity index (χ3n) is 3.94. The molecule has 0 saturated heterocycles. The summed E-state index contributed by atoms with van der Waals surface area (Å²) < 4.78 is 0. The van der Waals surface area contributed by atoms with E-state index in [1.807, 2.05) is 0 Å². The number of benzene rings is 1. The molecule has 0 aromatic heterocycles. The molecular weight excluding hydrogens is 248 g/mol. The average Bonchev–Trinajstić information content (AvgIpc) is 3.30. The number of carbonyl (C=O) groups excluding carboxylic acids is 1. The molecule has 1 amide bonds. The van der Waals surface area contributed by atoms with E-state index in [9.17, 15) is 4.79 Å². The molecule has 1 aliphatic carbocycles. The Bertz CT molecular complexity index is 423. The summed E-state index contributed by atoms with van der Waals surface area (Å²) in [5.74, 6) is 0.292. The van der Waals surface area contributed by atoms with Crippen LogP contribution in [0.3, 0.4) is 0 Å². The summed E-state index contributed by atoms with van der Waals surface area (Å²) in [5, 5.41) is 0. The van der Waals surface area contributed by atoms with Gasteiger partial charge in [-0.15, -0.1) is 0 Å². The molecule has 1 aromatic rings. The van der Waals surface area contributed by atoms with Crippen LogP contribution in [0.5, 0.6) is 0 Å². The maximum absolute atomic E-state index is 12.3. The fraction of sp³-hybridized carbons (Fsp3) is 0.588. The summed E-state index contributed by atoms with van der Waals surface area (Å²) in [4.78, 5) is 14.4. The molecule has 0 unspecified atom stereocenters. The lowest BCUT2D eigenvalue weighted by Gasteiger charge is -2.23. The van der Waals surface area contributed by atoms with Crippen molar-refractivity contribution in [2.24, 2.45) is 5.73 Å². The largest absolute Gasteiger partial charge is 0.335 e. The SMILES string of the molecule is CCc1ccc(CN(C(=O)CCCCN)C2CC2)cc1. The zero-order valence-electron chi connectivity index (χ0n) is 12.5. The lowest BCUT2D eigenvalue weighted by atomic mass is 10.1. The number of hydrogen-bond donors (Lipinski definition) is 1. The molecule has 1 aliphatic rings. The Morgan fingerprint density at radius 2 is 1.85 bits per heavy atom. The molecule has 1 saturated carbocycles. The molecule has 2 N–H and O–H groups in total. The lowest BCUT2D eigenvalue weighted by Crippen LogP contribution is -2.32. The molecule has 0 spiro atoms. The van der Waals surface area contributed by atoms with Gasteiger partial charge in [0.25, 0.3) is 0 Å². The highest BCUT2D eigenvalue weighted by Gasteiger charge is 2.31. The van der Waals surface area contributed by atoms with Crippen molar-refractivity contribution in [1.29, 1.82) is 0 Å². The van der Waals surface area contributed by atoms with Crippen LogP contribution < -0.4 is 5.73 Å². The van der Waals surface area contributed by atoms with Gasteiger partial charge in [-0.25, -0.2) is 0 Å². The van der Waals surface area contributed by atoms with Gasteiger partial charge in [-0.1, -0.05) is 31.2 Å². The van der Waals surface area contributed by atoms with Crippen molar-refractivity contribution in [2.45, 2.75) is 58.0 Å². The number of amides is 1. The maximum Gasteiger partial charge on any atom is 0.223 e. The molecule has 3 heteroatoms. The second kappa shape index (κ2) is 7.44. The topological polar surface area (TPSA) is 46.3 Å². The quantitative estimate of drug-likeness (QED) is 0.741. The Kier molecular flexibility index (Phi) is 5.60. The molecule has 1 fully saturated rings. The third-order valence-corrected chi connectivity index (χ3v) is 3.94. The van der Waals surface area contributed by atoms with Gasteiger partial charge in [-0.3, -0.25) is 4.79 Å². The molecule has 0 radical (unpaired) electrons. The summed E-state index contributed by atoms with van der Waals surface area (Å²) in [6, 6.07) is 9.12. The van der Waals surface area contributed by atoms with Gasteiger partial charge in [0, 0.05) is 19.0 Å². The van der Waals surface area contributed by atoms with Crippen molar-refractivity contribution in [2.75, 3.05) is 6.54 Å². The fourth-order valence-corrected chi connectivity index (χ4v) is 2.45. The Morgan fingerprint density at radius 1 is 1.20 bits per heavy atom. The van der Waals surface area contributed by atoms with Crippen molar-refractivity contribution in [1.82, 2.24) is 4.90 Å². The van der Waals surface area contributed by atoms with Crippen molar-refractivity contribution in [3.8, 4) is 0 Å². The average molecular weight is 274 g/mol.